The minimum atomic E-state index is -0.353. The van der Waals surface area contributed by atoms with Crippen LogP contribution in [0.3, 0.4) is 0 Å². The van der Waals surface area contributed by atoms with Crippen molar-refractivity contribution in [2.24, 2.45) is 11.8 Å². The van der Waals surface area contributed by atoms with Gasteiger partial charge in [-0.25, -0.2) is 0 Å². The number of rotatable bonds is 19. The summed E-state index contributed by atoms with van der Waals surface area (Å²) in [5.74, 6) is 0.701. The number of esters is 1. The molecule has 1 aliphatic carbocycles. The molecule has 9 atom stereocenters. The van der Waals surface area contributed by atoms with Crippen molar-refractivity contribution in [3.63, 3.8) is 0 Å². The fraction of sp³-hybridized carbons (Fsp3) is 0.614. The van der Waals surface area contributed by atoms with E-state index in [1.54, 1.807) is 0 Å². The van der Waals surface area contributed by atoms with E-state index in [0.717, 1.165) is 96.7 Å². The van der Waals surface area contributed by atoms with Gasteiger partial charge in [-0.3, -0.25) is 0 Å². The van der Waals surface area contributed by atoms with Crippen molar-refractivity contribution in [3.05, 3.63) is 83.9 Å². The monoisotopic (exact) mass is 846 g/mol. The number of carbonyl (C=O) groups is 1. The molecule has 0 radical (unpaired) electrons. The standard InChI is InChI=1S/C44H59ClO9Se/c1-47-44(46)40(55-35-17-4-2-5-18-35)20-7-3-6-19-36-37(39(54-43-23-10-13-28-50-43)30-38(36)53-42-22-9-12-27-49-42)25-24-34(52-41-21-8-11-26-48-41)31-51-33-16-14-15-32(45)29-33/h2-6,14-18,24-25,29,34,36-43H,7-13,19-23,26-28,30-31H2,1H3/b6-3+,25-24+. The van der Waals surface area contributed by atoms with Crippen molar-refractivity contribution in [1.82, 2.24) is 0 Å². The second-order valence-corrected chi connectivity index (χ2v) is 17.9. The summed E-state index contributed by atoms with van der Waals surface area (Å²) in [6.07, 6.45) is 19.7. The molecular weight excluding hydrogens is 787 g/mol. The predicted octanol–water partition coefficient (Wildman–Crippen LogP) is 8.36. The maximum absolute atomic E-state index is 12.7. The summed E-state index contributed by atoms with van der Waals surface area (Å²) in [5, 5.41) is 0.624. The molecule has 11 heteroatoms. The molecule has 0 N–H and O–H groups in total. The molecule has 6 rings (SSSR count). The van der Waals surface area contributed by atoms with Gasteiger partial charge in [-0.1, -0.05) is 17.7 Å². The Bertz CT molecular complexity index is 1460. The van der Waals surface area contributed by atoms with E-state index in [4.69, 9.17) is 49.5 Å². The van der Waals surface area contributed by atoms with Crippen LogP contribution < -0.4 is 9.20 Å². The normalized spacial score (nSPS) is 28.7. The van der Waals surface area contributed by atoms with Crippen LogP contribution in [0.1, 0.15) is 83.5 Å². The van der Waals surface area contributed by atoms with E-state index in [0.29, 0.717) is 24.0 Å². The van der Waals surface area contributed by atoms with Gasteiger partial charge in [-0.2, -0.15) is 0 Å². The van der Waals surface area contributed by atoms with E-state index in [9.17, 15) is 4.79 Å². The molecule has 4 aliphatic rings. The van der Waals surface area contributed by atoms with E-state index >= 15 is 0 Å². The second-order valence-electron chi connectivity index (χ2n) is 14.8. The predicted molar refractivity (Wildman–Crippen MR) is 214 cm³/mol. The van der Waals surface area contributed by atoms with Gasteiger partial charge < -0.3 is 9.47 Å². The number of halogens is 1. The fourth-order valence-electron chi connectivity index (χ4n) is 7.77. The van der Waals surface area contributed by atoms with Crippen molar-refractivity contribution in [2.45, 2.75) is 125 Å². The Hall–Kier alpha value is -2.24. The number of carbonyl (C=O) groups excluding carboxylic acids is 1. The number of methoxy groups -OCH3 is 1. The molecule has 3 heterocycles. The van der Waals surface area contributed by atoms with Gasteiger partial charge in [-0.05, 0) is 56.7 Å². The van der Waals surface area contributed by atoms with E-state index in [2.05, 4.69) is 36.4 Å². The molecule has 302 valence electrons. The van der Waals surface area contributed by atoms with Crippen molar-refractivity contribution in [2.75, 3.05) is 33.5 Å². The van der Waals surface area contributed by atoms with Crippen LogP contribution >= 0.6 is 11.6 Å². The molecule has 2 aromatic rings. The molecule has 3 saturated heterocycles. The van der Waals surface area contributed by atoms with Gasteiger partial charge in [-0.15, -0.1) is 0 Å². The van der Waals surface area contributed by atoms with Gasteiger partial charge in [0.05, 0.1) is 0 Å². The van der Waals surface area contributed by atoms with E-state index < -0.39 is 0 Å². The number of benzene rings is 2. The van der Waals surface area contributed by atoms with Gasteiger partial charge in [0.2, 0.25) is 0 Å². The van der Waals surface area contributed by atoms with Crippen LogP contribution in [0.2, 0.25) is 9.84 Å². The third-order valence-corrected chi connectivity index (χ3v) is 13.5. The van der Waals surface area contributed by atoms with Crippen LogP contribution in [-0.4, -0.2) is 91.6 Å². The zero-order chi connectivity index (χ0) is 38.1. The van der Waals surface area contributed by atoms with Crippen molar-refractivity contribution < 1.29 is 42.7 Å². The Labute approximate surface area is 338 Å². The summed E-state index contributed by atoms with van der Waals surface area (Å²) in [7, 11) is 1.48. The quantitative estimate of drug-likeness (QED) is 0.0787. The minimum absolute atomic E-state index is 0.00795. The summed E-state index contributed by atoms with van der Waals surface area (Å²) in [4.78, 5) is 12.6. The molecule has 0 amide bonds. The Kier molecular flexibility index (Phi) is 17.9. The average molecular weight is 846 g/mol. The molecule has 2 aromatic carbocycles. The molecule has 0 bridgehead atoms. The number of allylic oxidation sites excluding steroid dienone is 2. The molecule has 9 nitrogen and oxygen atoms in total. The SMILES string of the molecule is COC(=O)C(CC/C=C/CC1C(OC2CCCCO2)CC(OC2CCCCO2)C1/C=C/C(COc1cccc(Cl)c1)OC1CCCCO1)[Se]c1ccccc1. The summed E-state index contributed by atoms with van der Waals surface area (Å²) >= 11 is 6.27. The van der Waals surface area contributed by atoms with E-state index in [1.165, 1.54) is 11.6 Å². The van der Waals surface area contributed by atoms with Gasteiger partial charge in [0.1, 0.15) is 5.75 Å². The third kappa shape index (κ3) is 14.0. The Morgan fingerprint density at radius 3 is 2.20 bits per heavy atom. The number of ether oxygens (including phenoxy) is 8. The topological polar surface area (TPSA) is 90.9 Å². The van der Waals surface area contributed by atoms with Crippen LogP contribution in [0.5, 0.6) is 5.75 Å². The van der Waals surface area contributed by atoms with Crippen LogP contribution in [0.25, 0.3) is 0 Å². The number of hydrogen-bond donors (Lipinski definition) is 0. The van der Waals surface area contributed by atoms with Crippen LogP contribution in [0, 0.1) is 11.8 Å². The van der Waals surface area contributed by atoms with Gasteiger partial charge in [0.25, 0.3) is 0 Å². The van der Waals surface area contributed by atoms with E-state index in [-0.39, 0.29) is 74.8 Å². The first-order chi connectivity index (χ1) is 27.0. The second kappa shape index (κ2) is 23.2. The van der Waals surface area contributed by atoms with Gasteiger partial charge in [0, 0.05) is 18.2 Å². The number of hydrogen-bond acceptors (Lipinski definition) is 9. The zero-order valence-electron chi connectivity index (χ0n) is 32.2. The zero-order valence-corrected chi connectivity index (χ0v) is 34.7. The maximum atomic E-state index is 12.7. The van der Waals surface area contributed by atoms with Crippen LogP contribution in [-0.2, 0) is 38.0 Å². The van der Waals surface area contributed by atoms with Crippen molar-refractivity contribution in [3.8, 4) is 5.75 Å². The van der Waals surface area contributed by atoms with Crippen LogP contribution in [0.4, 0.5) is 0 Å². The van der Waals surface area contributed by atoms with Gasteiger partial charge >= 0.3 is 226 Å². The van der Waals surface area contributed by atoms with E-state index in [1.807, 2.05) is 42.5 Å². The molecule has 1 saturated carbocycles. The first-order valence-corrected chi connectivity index (χ1v) is 22.6. The summed E-state index contributed by atoms with van der Waals surface area (Å²) in [5.41, 5.74) is 0. The average Bonchev–Trinajstić information content (AvgIpc) is 3.53. The summed E-state index contributed by atoms with van der Waals surface area (Å²) in [6.45, 7) is 2.45. The molecule has 0 spiro atoms. The van der Waals surface area contributed by atoms with Crippen LogP contribution in [0.15, 0.2) is 78.9 Å². The molecule has 4 fully saturated rings. The summed E-state index contributed by atoms with van der Waals surface area (Å²) < 4.78 is 51.0. The molecule has 9 unspecified atom stereocenters. The Morgan fingerprint density at radius 2 is 1.55 bits per heavy atom. The van der Waals surface area contributed by atoms with Gasteiger partial charge in [0.15, 0.2) is 6.29 Å². The Morgan fingerprint density at radius 1 is 0.855 bits per heavy atom. The first kappa shape index (κ1) is 42.4. The van der Waals surface area contributed by atoms with Crippen molar-refractivity contribution in [1.29, 1.82) is 0 Å². The summed E-state index contributed by atoms with van der Waals surface area (Å²) in [6, 6.07) is 17.7. The first-order valence-electron chi connectivity index (χ1n) is 20.4. The third-order valence-electron chi connectivity index (χ3n) is 10.7. The fourth-order valence-corrected chi connectivity index (χ4v) is 10.2. The molecular formula is C44H59ClO9Se. The molecule has 55 heavy (non-hydrogen) atoms. The molecule has 0 aromatic heterocycles. The van der Waals surface area contributed by atoms with Crippen molar-refractivity contribution >= 4 is 37.0 Å². The Balaban J connectivity index is 1.20. The molecule has 3 aliphatic heterocycles.